The number of hydrogen-bond donors (Lipinski definition) is 1. The zero-order valence-corrected chi connectivity index (χ0v) is 12.0. The van der Waals surface area contributed by atoms with Crippen molar-refractivity contribution in [2.75, 3.05) is 19.7 Å². The molecule has 0 aromatic carbocycles. The van der Waals surface area contributed by atoms with Crippen molar-refractivity contribution >= 4 is 0 Å². The van der Waals surface area contributed by atoms with Crippen molar-refractivity contribution in [3.8, 4) is 0 Å². The monoisotopic (exact) mass is 267 g/mol. The van der Waals surface area contributed by atoms with Gasteiger partial charge in [0.1, 0.15) is 6.10 Å². The Bertz CT molecular complexity index is 361. The van der Waals surface area contributed by atoms with Crippen molar-refractivity contribution in [2.45, 2.75) is 52.1 Å². The molecule has 0 saturated carbocycles. The quantitative estimate of drug-likeness (QED) is 0.822. The normalized spacial score (nSPS) is 21.5. The highest BCUT2D eigenvalue weighted by Crippen LogP contribution is 2.20. The molecule has 0 radical (unpaired) electrons. The molecule has 5 heteroatoms. The van der Waals surface area contributed by atoms with Gasteiger partial charge in [-0.15, -0.1) is 0 Å². The van der Waals surface area contributed by atoms with Gasteiger partial charge in [-0.05, 0) is 51.6 Å². The van der Waals surface area contributed by atoms with E-state index >= 15 is 0 Å². The molecule has 1 aromatic heterocycles. The van der Waals surface area contributed by atoms with Crippen LogP contribution in [0.3, 0.4) is 0 Å². The lowest BCUT2D eigenvalue weighted by Gasteiger charge is -2.21. The minimum atomic E-state index is -0.0288. The Hall–Kier alpha value is -0.940. The van der Waals surface area contributed by atoms with Gasteiger partial charge in [-0.1, -0.05) is 12.1 Å². The smallest absolute Gasteiger partial charge is 0.226 e. The fourth-order valence-electron chi connectivity index (χ4n) is 2.57. The van der Waals surface area contributed by atoms with Gasteiger partial charge in [0, 0.05) is 13.0 Å². The molecular weight excluding hydrogens is 242 g/mol. The van der Waals surface area contributed by atoms with Crippen LogP contribution in [0, 0.1) is 5.92 Å². The summed E-state index contributed by atoms with van der Waals surface area (Å²) in [5.41, 5.74) is 0. The van der Waals surface area contributed by atoms with Gasteiger partial charge in [-0.2, -0.15) is 4.98 Å². The van der Waals surface area contributed by atoms with Gasteiger partial charge in [0.15, 0.2) is 0 Å². The molecule has 2 atom stereocenters. The molecule has 1 aromatic rings. The number of nitrogens with one attached hydrogen (secondary N) is 1. The third-order valence-electron chi connectivity index (χ3n) is 3.68. The molecule has 2 unspecified atom stereocenters. The molecule has 1 aliphatic heterocycles. The van der Waals surface area contributed by atoms with E-state index in [9.17, 15) is 0 Å². The van der Waals surface area contributed by atoms with Crippen LogP contribution in [0.25, 0.3) is 0 Å². The lowest BCUT2D eigenvalue weighted by molar-refractivity contribution is 0.0518. The largest absolute Gasteiger partial charge is 0.370 e. The van der Waals surface area contributed by atoms with E-state index in [-0.39, 0.29) is 6.10 Å². The third-order valence-corrected chi connectivity index (χ3v) is 3.68. The van der Waals surface area contributed by atoms with Crippen LogP contribution in [0.2, 0.25) is 0 Å². The Balaban J connectivity index is 1.82. The van der Waals surface area contributed by atoms with Crippen LogP contribution < -0.4 is 5.32 Å². The zero-order valence-electron chi connectivity index (χ0n) is 12.0. The molecule has 1 N–H and O–H groups in total. The zero-order chi connectivity index (χ0) is 13.5. The molecular formula is C14H25N3O2. The van der Waals surface area contributed by atoms with Gasteiger partial charge in [0.25, 0.3) is 0 Å². The van der Waals surface area contributed by atoms with E-state index in [4.69, 9.17) is 9.26 Å². The van der Waals surface area contributed by atoms with Gasteiger partial charge < -0.3 is 14.6 Å². The molecule has 1 fully saturated rings. The molecule has 19 heavy (non-hydrogen) atoms. The van der Waals surface area contributed by atoms with Crippen LogP contribution in [0.1, 0.15) is 57.3 Å². The second kappa shape index (κ2) is 7.60. The first kappa shape index (κ1) is 14.5. The predicted octanol–water partition coefficient (Wildman–Crippen LogP) is 2.49. The van der Waals surface area contributed by atoms with Crippen LogP contribution in [0.5, 0.6) is 0 Å². The number of piperidine rings is 1. The van der Waals surface area contributed by atoms with Gasteiger partial charge in [-0.3, -0.25) is 0 Å². The number of nitrogens with zero attached hydrogens (tertiary/aromatic N) is 2. The summed E-state index contributed by atoms with van der Waals surface area (Å²) in [5, 5.41) is 7.48. The third kappa shape index (κ3) is 4.28. The van der Waals surface area contributed by atoms with Gasteiger partial charge in [-0.25, -0.2) is 0 Å². The minimum absolute atomic E-state index is 0.0288. The summed E-state index contributed by atoms with van der Waals surface area (Å²) < 4.78 is 10.9. The molecule has 1 saturated heterocycles. The van der Waals surface area contributed by atoms with Crippen LogP contribution in [-0.4, -0.2) is 29.8 Å². The van der Waals surface area contributed by atoms with Crippen molar-refractivity contribution in [3.05, 3.63) is 11.7 Å². The predicted molar refractivity (Wildman–Crippen MR) is 72.9 cm³/mol. The maximum absolute atomic E-state index is 5.59. The summed E-state index contributed by atoms with van der Waals surface area (Å²) in [6, 6.07) is 0. The van der Waals surface area contributed by atoms with Crippen molar-refractivity contribution in [2.24, 2.45) is 5.92 Å². The summed E-state index contributed by atoms with van der Waals surface area (Å²) in [5.74, 6) is 2.19. The summed E-state index contributed by atoms with van der Waals surface area (Å²) in [6.07, 6.45) is 5.44. The second-order valence-corrected chi connectivity index (χ2v) is 5.15. The molecule has 0 spiro atoms. The summed E-state index contributed by atoms with van der Waals surface area (Å²) in [7, 11) is 0. The highest BCUT2D eigenvalue weighted by Gasteiger charge is 2.18. The fraction of sp³-hybridized carbons (Fsp3) is 0.857. The highest BCUT2D eigenvalue weighted by molar-refractivity contribution is 4.91. The first-order valence-corrected chi connectivity index (χ1v) is 7.48. The lowest BCUT2D eigenvalue weighted by Crippen LogP contribution is -2.29. The Kier molecular flexibility index (Phi) is 5.79. The van der Waals surface area contributed by atoms with Crippen molar-refractivity contribution in [1.29, 1.82) is 0 Å². The number of aromatic nitrogens is 2. The number of hydrogen-bond acceptors (Lipinski definition) is 5. The number of rotatable bonds is 7. The number of aryl methyl sites for hydroxylation is 1. The minimum Gasteiger partial charge on any atom is -0.370 e. The molecule has 2 heterocycles. The Morgan fingerprint density at radius 1 is 1.47 bits per heavy atom. The highest BCUT2D eigenvalue weighted by atomic mass is 16.5. The van der Waals surface area contributed by atoms with E-state index < -0.39 is 0 Å². The Morgan fingerprint density at radius 3 is 3.05 bits per heavy atom. The molecule has 1 aliphatic rings. The number of ether oxygens (including phenoxy) is 1. The van der Waals surface area contributed by atoms with E-state index in [1.54, 1.807) is 0 Å². The van der Waals surface area contributed by atoms with E-state index in [2.05, 4.69) is 22.4 Å². The Morgan fingerprint density at radius 2 is 2.37 bits per heavy atom. The SMILES string of the molecule is CCOC(CC)c1noc(CCC2CCCNC2)n1. The average Bonchev–Trinajstić information content (AvgIpc) is 2.92. The van der Waals surface area contributed by atoms with E-state index in [0.717, 1.165) is 44.2 Å². The van der Waals surface area contributed by atoms with Crippen LogP contribution in [0.15, 0.2) is 4.52 Å². The van der Waals surface area contributed by atoms with Crippen molar-refractivity contribution in [1.82, 2.24) is 15.5 Å². The molecule has 2 rings (SSSR count). The summed E-state index contributed by atoms with van der Waals surface area (Å²) in [4.78, 5) is 4.46. The van der Waals surface area contributed by atoms with Crippen molar-refractivity contribution < 1.29 is 9.26 Å². The van der Waals surface area contributed by atoms with Crippen LogP contribution in [0.4, 0.5) is 0 Å². The van der Waals surface area contributed by atoms with Gasteiger partial charge in [0.05, 0.1) is 0 Å². The lowest BCUT2D eigenvalue weighted by atomic mass is 9.95. The standard InChI is InChI=1S/C14H25N3O2/c1-3-12(18-4-2)14-16-13(19-17-14)8-7-11-6-5-9-15-10-11/h11-12,15H,3-10H2,1-2H3. The molecule has 108 valence electrons. The molecule has 5 nitrogen and oxygen atoms in total. The molecule has 0 amide bonds. The summed E-state index contributed by atoms with van der Waals surface area (Å²) in [6.45, 7) is 7.02. The Labute approximate surface area is 115 Å². The first-order valence-electron chi connectivity index (χ1n) is 7.48. The average molecular weight is 267 g/mol. The van der Waals surface area contributed by atoms with Crippen LogP contribution >= 0.6 is 0 Å². The van der Waals surface area contributed by atoms with E-state index in [0.29, 0.717) is 12.4 Å². The van der Waals surface area contributed by atoms with Crippen LogP contribution in [-0.2, 0) is 11.2 Å². The second-order valence-electron chi connectivity index (χ2n) is 5.15. The van der Waals surface area contributed by atoms with Gasteiger partial charge in [0.2, 0.25) is 11.7 Å². The van der Waals surface area contributed by atoms with Crippen molar-refractivity contribution in [3.63, 3.8) is 0 Å². The fourth-order valence-corrected chi connectivity index (χ4v) is 2.57. The maximum Gasteiger partial charge on any atom is 0.226 e. The maximum atomic E-state index is 5.59. The van der Waals surface area contributed by atoms with E-state index in [1.807, 2.05) is 6.92 Å². The van der Waals surface area contributed by atoms with Gasteiger partial charge >= 0.3 is 0 Å². The first-order chi connectivity index (χ1) is 9.33. The summed E-state index contributed by atoms with van der Waals surface area (Å²) >= 11 is 0. The molecule has 0 aliphatic carbocycles. The molecule has 0 bridgehead atoms. The van der Waals surface area contributed by atoms with E-state index in [1.165, 1.54) is 12.8 Å². The topological polar surface area (TPSA) is 60.2 Å².